The van der Waals surface area contributed by atoms with E-state index in [9.17, 15) is 4.79 Å². The van der Waals surface area contributed by atoms with E-state index in [1.807, 2.05) is 26.1 Å². The zero-order chi connectivity index (χ0) is 12.5. The van der Waals surface area contributed by atoms with Crippen molar-refractivity contribution in [3.05, 3.63) is 30.1 Å². The van der Waals surface area contributed by atoms with Gasteiger partial charge in [0.2, 0.25) is 0 Å². The molecule has 17 heavy (non-hydrogen) atoms. The molecule has 0 amide bonds. The smallest absolute Gasteiger partial charge is 0.307 e. The molecule has 1 heterocycles. The number of pyridine rings is 1. The van der Waals surface area contributed by atoms with Gasteiger partial charge in [0.15, 0.2) is 0 Å². The Hall–Kier alpha value is -1.42. The van der Waals surface area contributed by atoms with Crippen LogP contribution in [0.15, 0.2) is 24.5 Å². The molecule has 0 radical (unpaired) electrons. The number of carbonyl (C=O) groups is 1. The summed E-state index contributed by atoms with van der Waals surface area (Å²) in [5, 5.41) is 0. The Labute approximate surface area is 103 Å². The highest BCUT2D eigenvalue weighted by Gasteiger charge is 2.04. The second-order valence-corrected chi connectivity index (χ2v) is 3.96. The van der Waals surface area contributed by atoms with Gasteiger partial charge in [0.25, 0.3) is 0 Å². The maximum Gasteiger partial charge on any atom is 0.307 e. The van der Waals surface area contributed by atoms with Crippen molar-refractivity contribution in [2.24, 2.45) is 0 Å². The second kappa shape index (κ2) is 7.79. The van der Waals surface area contributed by atoms with Crippen LogP contribution in [0, 0.1) is 0 Å². The minimum atomic E-state index is -0.122. The highest BCUT2D eigenvalue weighted by molar-refractivity contribution is 5.69. The molecule has 1 aromatic heterocycles. The number of carbonyl (C=O) groups excluding carboxylic acids is 1. The van der Waals surface area contributed by atoms with Crippen molar-refractivity contribution in [1.29, 1.82) is 0 Å². The molecule has 0 fully saturated rings. The summed E-state index contributed by atoms with van der Waals surface area (Å²) in [6, 6.07) is 4.03. The van der Waals surface area contributed by atoms with Crippen LogP contribution < -0.4 is 0 Å². The van der Waals surface area contributed by atoms with E-state index in [1.54, 1.807) is 12.4 Å². The first-order valence-electron chi connectivity index (χ1n) is 5.95. The summed E-state index contributed by atoms with van der Waals surface area (Å²) in [6.07, 6.45) is 5.03. The minimum Gasteiger partial charge on any atom is -0.466 e. The molecule has 0 aromatic carbocycles. The molecular weight excluding hydrogens is 216 g/mol. The van der Waals surface area contributed by atoms with E-state index < -0.39 is 0 Å². The lowest BCUT2D eigenvalue weighted by atomic mass is 10.2. The Balaban J connectivity index is 2.17. The van der Waals surface area contributed by atoms with Crippen molar-refractivity contribution in [3.8, 4) is 0 Å². The number of likely N-dealkylation sites (N-methyl/N-ethyl adjacent to an activating group) is 1. The predicted octanol–water partition coefficient (Wildman–Crippen LogP) is 1.51. The van der Waals surface area contributed by atoms with Crippen LogP contribution in [-0.4, -0.2) is 42.6 Å². The molecule has 0 bridgehead atoms. The van der Waals surface area contributed by atoms with E-state index in [-0.39, 0.29) is 5.97 Å². The van der Waals surface area contributed by atoms with E-state index in [4.69, 9.17) is 4.74 Å². The Morgan fingerprint density at radius 1 is 1.35 bits per heavy atom. The molecule has 1 rings (SSSR count). The highest BCUT2D eigenvalue weighted by Crippen LogP contribution is 1.99. The molecule has 0 saturated carbocycles. The fraction of sp³-hybridized carbons (Fsp3) is 0.538. The van der Waals surface area contributed by atoms with Gasteiger partial charge < -0.3 is 9.64 Å². The lowest BCUT2D eigenvalue weighted by Crippen LogP contribution is -2.24. The van der Waals surface area contributed by atoms with Crippen LogP contribution in [0.1, 0.15) is 18.9 Å². The number of nitrogens with zero attached hydrogens (tertiary/aromatic N) is 2. The standard InChI is InChI=1S/C13H20N2O2/c1-3-17-13(16)7-11-15(2)10-6-12-4-8-14-9-5-12/h4-5,8-9H,3,6-7,10-11H2,1-2H3. The van der Waals surface area contributed by atoms with Crippen molar-refractivity contribution < 1.29 is 9.53 Å². The molecule has 0 unspecified atom stereocenters. The zero-order valence-electron chi connectivity index (χ0n) is 10.6. The zero-order valence-corrected chi connectivity index (χ0v) is 10.6. The number of rotatable bonds is 7. The second-order valence-electron chi connectivity index (χ2n) is 3.96. The van der Waals surface area contributed by atoms with Crippen molar-refractivity contribution in [2.45, 2.75) is 19.8 Å². The first-order chi connectivity index (χ1) is 8.22. The van der Waals surface area contributed by atoms with Gasteiger partial charge in [-0.05, 0) is 38.1 Å². The molecule has 0 aliphatic heterocycles. The summed E-state index contributed by atoms with van der Waals surface area (Å²) in [6.45, 7) is 3.96. The van der Waals surface area contributed by atoms with Crippen molar-refractivity contribution in [2.75, 3.05) is 26.7 Å². The summed E-state index contributed by atoms with van der Waals surface area (Å²) in [5.74, 6) is -0.122. The summed E-state index contributed by atoms with van der Waals surface area (Å²) >= 11 is 0. The fourth-order valence-corrected chi connectivity index (χ4v) is 1.50. The molecular formula is C13H20N2O2. The monoisotopic (exact) mass is 236 g/mol. The van der Waals surface area contributed by atoms with Gasteiger partial charge in [-0.1, -0.05) is 0 Å². The molecule has 0 N–H and O–H groups in total. The van der Waals surface area contributed by atoms with Crippen molar-refractivity contribution >= 4 is 5.97 Å². The van der Waals surface area contributed by atoms with Gasteiger partial charge in [-0.2, -0.15) is 0 Å². The maximum atomic E-state index is 11.2. The van der Waals surface area contributed by atoms with Crippen LogP contribution in [0.5, 0.6) is 0 Å². The third-order valence-electron chi connectivity index (χ3n) is 2.53. The largest absolute Gasteiger partial charge is 0.466 e. The van der Waals surface area contributed by atoms with E-state index in [2.05, 4.69) is 9.88 Å². The van der Waals surface area contributed by atoms with Crippen LogP contribution in [-0.2, 0) is 16.0 Å². The quantitative estimate of drug-likeness (QED) is 0.673. The van der Waals surface area contributed by atoms with Crippen LogP contribution in [0.25, 0.3) is 0 Å². The van der Waals surface area contributed by atoms with Gasteiger partial charge >= 0.3 is 5.97 Å². The summed E-state index contributed by atoms with van der Waals surface area (Å²) in [5.41, 5.74) is 1.27. The number of aromatic nitrogens is 1. The third-order valence-corrected chi connectivity index (χ3v) is 2.53. The molecule has 0 atom stereocenters. The van der Waals surface area contributed by atoms with Gasteiger partial charge in [-0.15, -0.1) is 0 Å². The van der Waals surface area contributed by atoms with E-state index >= 15 is 0 Å². The molecule has 0 spiro atoms. The normalized spacial score (nSPS) is 10.5. The Bertz CT molecular complexity index is 327. The van der Waals surface area contributed by atoms with Crippen molar-refractivity contribution in [1.82, 2.24) is 9.88 Å². The van der Waals surface area contributed by atoms with Crippen LogP contribution in [0.2, 0.25) is 0 Å². The molecule has 0 aliphatic carbocycles. The van der Waals surface area contributed by atoms with Gasteiger partial charge in [0.05, 0.1) is 13.0 Å². The Morgan fingerprint density at radius 2 is 2.06 bits per heavy atom. The number of esters is 1. The average Bonchev–Trinajstić information content (AvgIpc) is 2.35. The lowest BCUT2D eigenvalue weighted by molar-refractivity contribution is -0.143. The van der Waals surface area contributed by atoms with Gasteiger partial charge in [-0.3, -0.25) is 9.78 Å². The molecule has 4 nitrogen and oxygen atoms in total. The van der Waals surface area contributed by atoms with Crippen molar-refractivity contribution in [3.63, 3.8) is 0 Å². The minimum absolute atomic E-state index is 0.122. The average molecular weight is 236 g/mol. The van der Waals surface area contributed by atoms with Gasteiger partial charge in [-0.25, -0.2) is 0 Å². The highest BCUT2D eigenvalue weighted by atomic mass is 16.5. The SMILES string of the molecule is CCOC(=O)CCN(C)CCc1ccncc1. The Morgan fingerprint density at radius 3 is 2.71 bits per heavy atom. The molecule has 0 aliphatic rings. The van der Waals surface area contributed by atoms with Gasteiger partial charge in [0, 0.05) is 25.5 Å². The van der Waals surface area contributed by atoms with Crippen LogP contribution >= 0.6 is 0 Å². The lowest BCUT2D eigenvalue weighted by Gasteiger charge is -2.15. The van der Waals surface area contributed by atoms with E-state index in [0.29, 0.717) is 13.0 Å². The topological polar surface area (TPSA) is 42.4 Å². The van der Waals surface area contributed by atoms with E-state index in [0.717, 1.165) is 19.5 Å². The van der Waals surface area contributed by atoms with E-state index in [1.165, 1.54) is 5.56 Å². The Kier molecular flexibility index (Phi) is 6.25. The van der Waals surface area contributed by atoms with Crippen LogP contribution in [0.4, 0.5) is 0 Å². The van der Waals surface area contributed by atoms with Gasteiger partial charge in [0.1, 0.15) is 0 Å². The summed E-state index contributed by atoms with van der Waals surface area (Å²) < 4.78 is 4.88. The summed E-state index contributed by atoms with van der Waals surface area (Å²) in [7, 11) is 2.01. The number of ether oxygens (including phenoxy) is 1. The first kappa shape index (κ1) is 13.6. The molecule has 1 aromatic rings. The number of hydrogen-bond acceptors (Lipinski definition) is 4. The fourth-order valence-electron chi connectivity index (χ4n) is 1.50. The molecule has 4 heteroatoms. The molecule has 0 saturated heterocycles. The maximum absolute atomic E-state index is 11.2. The third kappa shape index (κ3) is 6.02. The molecule has 94 valence electrons. The number of hydrogen-bond donors (Lipinski definition) is 0. The summed E-state index contributed by atoms with van der Waals surface area (Å²) in [4.78, 5) is 17.3. The first-order valence-corrected chi connectivity index (χ1v) is 5.95. The predicted molar refractivity (Wildman–Crippen MR) is 66.7 cm³/mol. The van der Waals surface area contributed by atoms with Crippen LogP contribution in [0.3, 0.4) is 0 Å².